The molecule has 2 aromatic heterocycles. The monoisotopic (exact) mass is 708 g/mol. The molecule has 7 rings (SSSR count). The summed E-state index contributed by atoms with van der Waals surface area (Å²) < 4.78 is 40.5. The van der Waals surface area contributed by atoms with Gasteiger partial charge in [0.25, 0.3) is 0 Å². The topological polar surface area (TPSA) is 129 Å². The maximum absolute atomic E-state index is 13.5. The van der Waals surface area contributed by atoms with Crippen molar-refractivity contribution in [2.75, 3.05) is 42.1 Å². The summed E-state index contributed by atoms with van der Waals surface area (Å²) in [7, 11) is 0. The number of nitrogens with two attached hydrogens (primary N) is 1. The Kier molecular flexibility index (Phi) is 9.54. The van der Waals surface area contributed by atoms with Crippen LogP contribution in [0.15, 0.2) is 79.0 Å². The Morgan fingerprint density at radius 2 is 1.73 bits per heavy atom. The van der Waals surface area contributed by atoms with Crippen LogP contribution in [0.2, 0.25) is 0 Å². The average molecular weight is 709 g/mol. The molecule has 10 nitrogen and oxygen atoms in total. The molecular weight excluding hydrogens is 669 g/mol. The number of piperidine rings is 1. The molecular formula is C39H39F3N8O2. The van der Waals surface area contributed by atoms with E-state index in [1.165, 1.54) is 6.07 Å². The fourth-order valence-electron chi connectivity index (χ4n) is 7.00. The molecule has 2 fully saturated rings. The van der Waals surface area contributed by atoms with Crippen molar-refractivity contribution in [1.29, 1.82) is 0 Å². The summed E-state index contributed by atoms with van der Waals surface area (Å²) >= 11 is 0. The highest BCUT2D eigenvalue weighted by Gasteiger charge is 2.32. The highest BCUT2D eigenvalue weighted by molar-refractivity contribution is 6.01. The normalized spacial score (nSPS) is 17.6. The zero-order valence-electron chi connectivity index (χ0n) is 28.9. The molecule has 3 aromatic carbocycles. The summed E-state index contributed by atoms with van der Waals surface area (Å²) in [6.07, 6.45) is -1.86. The number of nitrogens with one attached hydrogen (secondary N) is 2. The molecule has 1 unspecified atom stereocenters. The highest BCUT2D eigenvalue weighted by Crippen LogP contribution is 2.35. The lowest BCUT2D eigenvalue weighted by molar-refractivity contribution is -0.138. The summed E-state index contributed by atoms with van der Waals surface area (Å²) in [5.41, 5.74) is 11.0. The van der Waals surface area contributed by atoms with Crippen molar-refractivity contribution in [2.45, 2.75) is 51.4 Å². The Bertz CT molecular complexity index is 2130. The Hall–Kier alpha value is -5.56. The number of nitrogens with zero attached hydrogens (tertiary/aromatic N) is 5. The molecule has 2 aliphatic rings. The first-order valence-corrected chi connectivity index (χ1v) is 17.3. The quantitative estimate of drug-likeness (QED) is 0.120. The number of imide groups is 1. The van der Waals surface area contributed by atoms with Crippen molar-refractivity contribution < 1.29 is 22.8 Å². The molecule has 4 N–H and O–H groups in total. The molecule has 0 bridgehead atoms. The van der Waals surface area contributed by atoms with Gasteiger partial charge in [0, 0.05) is 73.1 Å². The summed E-state index contributed by atoms with van der Waals surface area (Å²) in [4.78, 5) is 33.3. The van der Waals surface area contributed by atoms with Gasteiger partial charge in [-0.1, -0.05) is 30.3 Å². The van der Waals surface area contributed by atoms with Crippen LogP contribution in [-0.4, -0.2) is 58.1 Å². The summed E-state index contributed by atoms with van der Waals surface area (Å²) in [6.45, 7) is 7.88. The second-order valence-electron chi connectivity index (χ2n) is 13.6. The summed E-state index contributed by atoms with van der Waals surface area (Å²) in [6, 6.07) is 21.3. The van der Waals surface area contributed by atoms with Gasteiger partial charge < -0.3 is 16.0 Å². The van der Waals surface area contributed by atoms with Crippen LogP contribution in [0.4, 0.5) is 30.4 Å². The standard InChI is InChI=1S/C39H39F3N8O2/c1-23(28-17-29(39(40,41)42)19-30(43)18-28)45-37-33-20-35(44-21-34(33)24(2)47-48-37)27-5-3-4-25(16-27)22-49-12-14-50(15-13-49)31-8-6-26(7-9-31)32-10-11-36(51)46-38(32)52/h3-9,16-21,23,32H,10-15,22,43H2,1-2H3,(H,45,48)(H,46,51,52)/t23-,32?/m1/s1. The van der Waals surface area contributed by atoms with Gasteiger partial charge in [-0.25, -0.2) is 0 Å². The number of rotatable bonds is 8. The molecule has 0 radical (unpaired) electrons. The van der Waals surface area contributed by atoms with Crippen LogP contribution in [0.5, 0.6) is 0 Å². The molecule has 2 aliphatic heterocycles. The molecule has 0 aliphatic carbocycles. The second-order valence-corrected chi connectivity index (χ2v) is 13.6. The van der Waals surface area contributed by atoms with Crippen LogP contribution < -0.4 is 21.3 Å². The lowest BCUT2D eigenvalue weighted by Crippen LogP contribution is -2.46. The fourth-order valence-corrected chi connectivity index (χ4v) is 7.00. The van der Waals surface area contributed by atoms with E-state index in [4.69, 9.17) is 10.7 Å². The molecule has 2 amide bonds. The van der Waals surface area contributed by atoms with Gasteiger partial charge in [-0.15, -0.1) is 5.10 Å². The van der Waals surface area contributed by atoms with Gasteiger partial charge in [-0.2, -0.15) is 18.3 Å². The SMILES string of the molecule is Cc1nnc(N[C@H](C)c2cc(N)cc(C(F)(F)F)c2)c2cc(-c3cccc(CN4CCN(c5ccc(C6CCC(=O)NC6=O)cc5)CC4)c3)ncc12. The highest BCUT2D eigenvalue weighted by atomic mass is 19.4. The number of fused-ring (bicyclic) bond motifs is 1. The minimum Gasteiger partial charge on any atom is -0.399 e. The number of carbonyl (C=O) groups is 2. The summed E-state index contributed by atoms with van der Waals surface area (Å²) in [5, 5.41) is 15.9. The van der Waals surface area contributed by atoms with Crippen LogP contribution in [0.1, 0.15) is 59.7 Å². The van der Waals surface area contributed by atoms with Gasteiger partial charge in [0.15, 0.2) is 5.82 Å². The Morgan fingerprint density at radius 3 is 2.46 bits per heavy atom. The van der Waals surface area contributed by atoms with Crippen molar-refractivity contribution in [3.63, 3.8) is 0 Å². The smallest absolute Gasteiger partial charge is 0.399 e. The number of benzene rings is 3. The number of nitrogen functional groups attached to an aromatic ring is 1. The largest absolute Gasteiger partial charge is 0.416 e. The van der Waals surface area contributed by atoms with Crippen LogP contribution in [0.3, 0.4) is 0 Å². The number of aromatic nitrogens is 3. The van der Waals surface area contributed by atoms with Crippen LogP contribution in [-0.2, 0) is 22.3 Å². The number of aryl methyl sites for hydroxylation is 1. The number of amides is 2. The predicted octanol–water partition coefficient (Wildman–Crippen LogP) is 6.62. The first kappa shape index (κ1) is 34.9. The fraction of sp³-hybridized carbons (Fsp3) is 0.308. The molecule has 13 heteroatoms. The van der Waals surface area contributed by atoms with E-state index in [0.717, 1.165) is 83.7 Å². The Labute approximate surface area is 299 Å². The Morgan fingerprint density at radius 1 is 0.962 bits per heavy atom. The van der Waals surface area contributed by atoms with E-state index in [2.05, 4.69) is 54.9 Å². The number of hydrogen-bond acceptors (Lipinski definition) is 9. The third-order valence-corrected chi connectivity index (χ3v) is 9.91. The number of anilines is 3. The van der Waals surface area contributed by atoms with E-state index >= 15 is 0 Å². The number of piperazine rings is 1. The van der Waals surface area contributed by atoms with Crippen molar-refractivity contribution in [1.82, 2.24) is 25.4 Å². The zero-order valence-corrected chi connectivity index (χ0v) is 28.9. The van der Waals surface area contributed by atoms with Crippen LogP contribution in [0, 0.1) is 6.92 Å². The molecule has 2 saturated heterocycles. The van der Waals surface area contributed by atoms with Gasteiger partial charge in [0.1, 0.15) is 0 Å². The van der Waals surface area contributed by atoms with Gasteiger partial charge in [0.05, 0.1) is 28.9 Å². The minimum atomic E-state index is -4.51. The third kappa shape index (κ3) is 7.54. The maximum Gasteiger partial charge on any atom is 0.416 e. The molecule has 268 valence electrons. The number of pyridine rings is 1. The molecule has 52 heavy (non-hydrogen) atoms. The first-order chi connectivity index (χ1) is 24.9. The van der Waals surface area contributed by atoms with Gasteiger partial charge in [-0.05, 0) is 79.4 Å². The zero-order chi connectivity index (χ0) is 36.6. The lowest BCUT2D eigenvalue weighted by atomic mass is 9.90. The molecule has 4 heterocycles. The number of halogens is 3. The van der Waals surface area contributed by atoms with Crippen molar-refractivity contribution in [3.8, 4) is 11.3 Å². The van der Waals surface area contributed by atoms with Crippen LogP contribution >= 0.6 is 0 Å². The van der Waals surface area contributed by atoms with Crippen molar-refractivity contribution in [2.24, 2.45) is 0 Å². The van der Waals surface area contributed by atoms with Crippen molar-refractivity contribution >= 4 is 39.8 Å². The molecule has 0 saturated carbocycles. The van der Waals surface area contributed by atoms with E-state index in [-0.39, 0.29) is 23.4 Å². The second kappa shape index (κ2) is 14.2. The summed E-state index contributed by atoms with van der Waals surface area (Å²) in [5.74, 6) is -0.285. The van der Waals surface area contributed by atoms with E-state index in [9.17, 15) is 22.8 Å². The average Bonchev–Trinajstić information content (AvgIpc) is 3.12. The predicted molar refractivity (Wildman–Crippen MR) is 194 cm³/mol. The van der Waals surface area contributed by atoms with Gasteiger partial charge in [0.2, 0.25) is 11.8 Å². The number of alkyl halides is 3. The van der Waals surface area contributed by atoms with E-state index in [0.29, 0.717) is 29.9 Å². The minimum absolute atomic E-state index is 0.0323. The molecule has 0 spiro atoms. The lowest BCUT2D eigenvalue weighted by Gasteiger charge is -2.36. The van der Waals surface area contributed by atoms with E-state index < -0.39 is 17.8 Å². The number of carbonyl (C=O) groups excluding carboxylic acids is 2. The molecule has 2 atom stereocenters. The van der Waals surface area contributed by atoms with E-state index in [1.54, 1.807) is 13.1 Å². The van der Waals surface area contributed by atoms with Crippen LogP contribution in [0.25, 0.3) is 22.0 Å². The van der Waals surface area contributed by atoms with E-state index in [1.807, 2.05) is 37.3 Å². The Balaban J connectivity index is 1.03. The maximum atomic E-state index is 13.5. The van der Waals surface area contributed by atoms with Gasteiger partial charge >= 0.3 is 6.18 Å². The van der Waals surface area contributed by atoms with Gasteiger partial charge in [-0.3, -0.25) is 24.8 Å². The third-order valence-electron chi connectivity index (χ3n) is 9.91. The first-order valence-electron chi connectivity index (χ1n) is 17.3. The molecule has 5 aromatic rings. The number of hydrogen-bond donors (Lipinski definition) is 3. The van der Waals surface area contributed by atoms with Crippen molar-refractivity contribution in [3.05, 3.63) is 107 Å².